The van der Waals surface area contributed by atoms with Crippen LogP contribution >= 0.6 is 0 Å². The van der Waals surface area contributed by atoms with E-state index in [0.29, 0.717) is 17.9 Å². The summed E-state index contributed by atoms with van der Waals surface area (Å²) in [6.45, 7) is 0.404. The molecule has 0 saturated carbocycles. The van der Waals surface area contributed by atoms with Gasteiger partial charge in [0.2, 0.25) is 0 Å². The number of hydrogen-bond acceptors (Lipinski definition) is 3. The number of aldehydes is 1. The lowest BCUT2D eigenvalue weighted by Gasteiger charge is -2.06. The normalized spacial score (nSPS) is 9.87. The van der Waals surface area contributed by atoms with Gasteiger partial charge in [-0.05, 0) is 18.2 Å². The van der Waals surface area contributed by atoms with E-state index in [1.54, 1.807) is 30.7 Å². The number of carbonyl (C=O) groups is 1. The molecule has 15 heavy (non-hydrogen) atoms. The average Bonchev–Trinajstić information content (AvgIpc) is 2.79. The molecule has 2 rings (SSSR count). The number of rotatable bonds is 4. The van der Waals surface area contributed by atoms with Gasteiger partial charge in [-0.2, -0.15) is 0 Å². The van der Waals surface area contributed by atoms with Crippen LogP contribution in [-0.2, 0) is 6.61 Å². The molecule has 1 aromatic heterocycles. The molecule has 1 aromatic carbocycles. The highest BCUT2D eigenvalue weighted by Gasteiger charge is 2.02. The minimum atomic E-state index is 0.404. The van der Waals surface area contributed by atoms with Crippen molar-refractivity contribution in [3.8, 4) is 5.75 Å². The SMILES string of the molecule is O=Cc1ccccc1OCc1ccoc1. The molecule has 0 aliphatic rings. The van der Waals surface area contributed by atoms with Crippen LogP contribution in [0.5, 0.6) is 5.75 Å². The van der Waals surface area contributed by atoms with E-state index in [-0.39, 0.29) is 0 Å². The molecule has 0 aliphatic carbocycles. The summed E-state index contributed by atoms with van der Waals surface area (Å²) in [4.78, 5) is 10.7. The Morgan fingerprint density at radius 3 is 2.87 bits per heavy atom. The first-order chi connectivity index (χ1) is 7.40. The molecule has 76 valence electrons. The zero-order valence-corrected chi connectivity index (χ0v) is 8.05. The Balaban J connectivity index is 2.07. The smallest absolute Gasteiger partial charge is 0.153 e. The maximum absolute atomic E-state index is 10.7. The molecule has 0 amide bonds. The van der Waals surface area contributed by atoms with Crippen molar-refractivity contribution in [3.05, 3.63) is 54.0 Å². The van der Waals surface area contributed by atoms with Gasteiger partial charge in [-0.25, -0.2) is 0 Å². The molecule has 3 nitrogen and oxygen atoms in total. The number of carbonyl (C=O) groups excluding carboxylic acids is 1. The Bertz CT molecular complexity index is 432. The topological polar surface area (TPSA) is 39.4 Å². The Morgan fingerprint density at radius 2 is 2.13 bits per heavy atom. The van der Waals surface area contributed by atoms with Gasteiger partial charge in [-0.1, -0.05) is 12.1 Å². The molecular weight excluding hydrogens is 192 g/mol. The van der Waals surface area contributed by atoms with Crippen LogP contribution in [0.25, 0.3) is 0 Å². The Labute approximate surface area is 87.3 Å². The van der Waals surface area contributed by atoms with Gasteiger partial charge in [-0.15, -0.1) is 0 Å². The van der Waals surface area contributed by atoms with Gasteiger partial charge < -0.3 is 9.15 Å². The summed E-state index contributed by atoms with van der Waals surface area (Å²) in [5, 5.41) is 0. The van der Waals surface area contributed by atoms with E-state index in [0.717, 1.165) is 11.8 Å². The predicted molar refractivity (Wildman–Crippen MR) is 54.9 cm³/mol. The van der Waals surface area contributed by atoms with Gasteiger partial charge >= 0.3 is 0 Å². The lowest BCUT2D eigenvalue weighted by atomic mass is 10.2. The first-order valence-electron chi connectivity index (χ1n) is 4.58. The minimum absolute atomic E-state index is 0.404. The predicted octanol–water partition coefficient (Wildman–Crippen LogP) is 2.67. The molecule has 0 spiro atoms. The lowest BCUT2D eigenvalue weighted by molar-refractivity contribution is 0.111. The molecule has 0 atom stereocenters. The van der Waals surface area contributed by atoms with Crippen molar-refractivity contribution in [1.29, 1.82) is 0 Å². The molecule has 1 heterocycles. The summed E-state index contributed by atoms with van der Waals surface area (Å²) in [6, 6.07) is 8.94. The fourth-order valence-electron chi connectivity index (χ4n) is 1.25. The highest BCUT2D eigenvalue weighted by Crippen LogP contribution is 2.17. The fraction of sp³-hybridized carbons (Fsp3) is 0.0833. The highest BCUT2D eigenvalue weighted by atomic mass is 16.5. The number of para-hydroxylation sites is 1. The number of hydrogen-bond donors (Lipinski definition) is 0. The van der Waals surface area contributed by atoms with Crippen LogP contribution < -0.4 is 4.74 Å². The van der Waals surface area contributed by atoms with E-state index in [9.17, 15) is 4.79 Å². The van der Waals surface area contributed by atoms with Crippen molar-refractivity contribution in [3.63, 3.8) is 0 Å². The standard InChI is InChI=1S/C12H10O3/c13-7-11-3-1-2-4-12(11)15-9-10-5-6-14-8-10/h1-8H,9H2. The first kappa shape index (κ1) is 9.52. The van der Waals surface area contributed by atoms with Crippen LogP contribution in [-0.4, -0.2) is 6.29 Å². The lowest BCUT2D eigenvalue weighted by Crippen LogP contribution is -1.96. The Hall–Kier alpha value is -2.03. The van der Waals surface area contributed by atoms with Gasteiger partial charge in [-0.3, -0.25) is 4.79 Å². The van der Waals surface area contributed by atoms with Crippen molar-refractivity contribution in [2.24, 2.45) is 0 Å². The molecule has 0 aliphatic heterocycles. The number of benzene rings is 1. The van der Waals surface area contributed by atoms with Crippen LogP contribution in [0.2, 0.25) is 0 Å². The molecule has 0 saturated heterocycles. The Kier molecular flexibility index (Phi) is 2.83. The summed E-state index contributed by atoms with van der Waals surface area (Å²) in [6.07, 6.45) is 3.98. The van der Waals surface area contributed by atoms with Crippen LogP contribution in [0.1, 0.15) is 15.9 Å². The van der Waals surface area contributed by atoms with Crippen LogP contribution in [0, 0.1) is 0 Å². The minimum Gasteiger partial charge on any atom is -0.488 e. The summed E-state index contributed by atoms with van der Waals surface area (Å²) < 4.78 is 10.4. The zero-order chi connectivity index (χ0) is 10.5. The second kappa shape index (κ2) is 4.46. The quantitative estimate of drug-likeness (QED) is 0.715. The van der Waals surface area contributed by atoms with E-state index in [2.05, 4.69) is 0 Å². The molecule has 0 fully saturated rings. The average molecular weight is 202 g/mol. The third-order valence-electron chi connectivity index (χ3n) is 2.02. The number of furan rings is 1. The van der Waals surface area contributed by atoms with Crippen LogP contribution in [0.15, 0.2) is 47.3 Å². The maximum Gasteiger partial charge on any atom is 0.153 e. The second-order valence-corrected chi connectivity index (χ2v) is 3.08. The van der Waals surface area contributed by atoms with Gasteiger partial charge in [0.15, 0.2) is 6.29 Å². The van der Waals surface area contributed by atoms with E-state index in [1.165, 1.54) is 0 Å². The van der Waals surface area contributed by atoms with Crippen molar-refractivity contribution >= 4 is 6.29 Å². The molecule has 3 heteroatoms. The van der Waals surface area contributed by atoms with E-state index >= 15 is 0 Å². The maximum atomic E-state index is 10.7. The van der Waals surface area contributed by atoms with Gasteiger partial charge in [0.25, 0.3) is 0 Å². The highest BCUT2D eigenvalue weighted by molar-refractivity contribution is 5.79. The van der Waals surface area contributed by atoms with Gasteiger partial charge in [0, 0.05) is 5.56 Å². The van der Waals surface area contributed by atoms with Crippen molar-refractivity contribution < 1.29 is 13.9 Å². The van der Waals surface area contributed by atoms with Crippen molar-refractivity contribution in [2.45, 2.75) is 6.61 Å². The number of ether oxygens (including phenoxy) is 1. The fourth-order valence-corrected chi connectivity index (χ4v) is 1.25. The van der Waals surface area contributed by atoms with E-state index in [1.807, 2.05) is 12.1 Å². The van der Waals surface area contributed by atoms with Crippen LogP contribution in [0.4, 0.5) is 0 Å². The van der Waals surface area contributed by atoms with Crippen molar-refractivity contribution in [2.75, 3.05) is 0 Å². The summed E-state index contributed by atoms with van der Waals surface area (Å²) in [7, 11) is 0. The second-order valence-electron chi connectivity index (χ2n) is 3.08. The van der Waals surface area contributed by atoms with Crippen molar-refractivity contribution in [1.82, 2.24) is 0 Å². The largest absolute Gasteiger partial charge is 0.488 e. The molecule has 0 unspecified atom stereocenters. The summed E-state index contributed by atoms with van der Waals surface area (Å²) in [5.41, 5.74) is 1.50. The Morgan fingerprint density at radius 1 is 1.27 bits per heavy atom. The van der Waals surface area contributed by atoms with Gasteiger partial charge in [0.05, 0.1) is 18.1 Å². The van der Waals surface area contributed by atoms with E-state index in [4.69, 9.17) is 9.15 Å². The first-order valence-corrected chi connectivity index (χ1v) is 4.58. The third-order valence-corrected chi connectivity index (χ3v) is 2.02. The summed E-state index contributed by atoms with van der Waals surface area (Å²) in [5.74, 6) is 0.591. The molecule has 0 N–H and O–H groups in total. The van der Waals surface area contributed by atoms with Crippen LogP contribution in [0.3, 0.4) is 0 Å². The molecular formula is C12H10O3. The summed E-state index contributed by atoms with van der Waals surface area (Å²) >= 11 is 0. The molecule has 2 aromatic rings. The van der Waals surface area contributed by atoms with E-state index < -0.39 is 0 Å². The molecule has 0 radical (unpaired) electrons. The monoisotopic (exact) mass is 202 g/mol. The molecule has 0 bridgehead atoms. The zero-order valence-electron chi connectivity index (χ0n) is 8.05. The van der Waals surface area contributed by atoms with Gasteiger partial charge in [0.1, 0.15) is 12.4 Å². The third kappa shape index (κ3) is 2.26.